The van der Waals surface area contributed by atoms with Crippen molar-refractivity contribution >= 4 is 17.5 Å². The lowest BCUT2D eigenvalue weighted by molar-refractivity contribution is -0.128. The van der Waals surface area contributed by atoms with E-state index in [0.29, 0.717) is 49.4 Å². The Bertz CT molecular complexity index is 830. The normalized spacial score (nSPS) is 18.6. The summed E-state index contributed by atoms with van der Waals surface area (Å²) in [6.45, 7) is 0.537. The average molecular weight is 396 g/mol. The van der Waals surface area contributed by atoms with Crippen LogP contribution >= 0.6 is 0 Å². The van der Waals surface area contributed by atoms with E-state index in [1.807, 2.05) is 30.3 Å². The summed E-state index contributed by atoms with van der Waals surface area (Å²) in [6.07, 6.45) is 2.82. The maximum Gasteiger partial charge on any atom is 0.227 e. The number of hydrogen-bond donors (Lipinski definition) is 2. The fraction of sp³-hybridized carbons (Fsp3) is 0.391. The molecule has 1 fully saturated rings. The number of methoxy groups -OCH3 is 2. The Hall–Kier alpha value is -3.02. The molecule has 0 aliphatic heterocycles. The van der Waals surface area contributed by atoms with Crippen molar-refractivity contribution < 1.29 is 19.1 Å². The molecule has 2 aromatic rings. The number of carbonyl (C=O) groups is 2. The SMILES string of the molecule is COc1ccc(OC)c(NC(=O)C2CCC(C(=O)NCc3ccccc3)CC2)c1. The van der Waals surface area contributed by atoms with Gasteiger partial charge in [0.15, 0.2) is 0 Å². The second kappa shape index (κ2) is 9.96. The predicted molar refractivity (Wildman–Crippen MR) is 112 cm³/mol. The minimum atomic E-state index is -0.107. The van der Waals surface area contributed by atoms with Gasteiger partial charge in [-0.3, -0.25) is 9.59 Å². The van der Waals surface area contributed by atoms with Crippen LogP contribution in [0.1, 0.15) is 31.2 Å². The van der Waals surface area contributed by atoms with Crippen LogP contribution in [0, 0.1) is 11.8 Å². The highest BCUT2D eigenvalue weighted by atomic mass is 16.5. The number of carbonyl (C=O) groups excluding carboxylic acids is 2. The highest BCUT2D eigenvalue weighted by Crippen LogP contribution is 2.33. The van der Waals surface area contributed by atoms with Crippen LogP contribution in [0.4, 0.5) is 5.69 Å². The van der Waals surface area contributed by atoms with Crippen molar-refractivity contribution in [1.29, 1.82) is 0 Å². The molecule has 3 rings (SSSR count). The van der Waals surface area contributed by atoms with Crippen LogP contribution < -0.4 is 20.1 Å². The fourth-order valence-electron chi connectivity index (χ4n) is 3.69. The van der Waals surface area contributed by atoms with E-state index in [2.05, 4.69) is 10.6 Å². The molecule has 0 radical (unpaired) electrons. The van der Waals surface area contributed by atoms with Gasteiger partial charge in [-0.2, -0.15) is 0 Å². The van der Waals surface area contributed by atoms with E-state index in [1.54, 1.807) is 32.4 Å². The first kappa shape index (κ1) is 20.7. The first-order valence-corrected chi connectivity index (χ1v) is 9.95. The summed E-state index contributed by atoms with van der Waals surface area (Å²) < 4.78 is 10.5. The Morgan fingerprint density at radius 1 is 0.897 bits per heavy atom. The molecule has 2 N–H and O–H groups in total. The Balaban J connectivity index is 1.50. The molecule has 2 amide bonds. The highest BCUT2D eigenvalue weighted by Gasteiger charge is 2.30. The number of benzene rings is 2. The molecular formula is C23H28N2O4. The van der Waals surface area contributed by atoms with Gasteiger partial charge in [0.05, 0.1) is 19.9 Å². The lowest BCUT2D eigenvalue weighted by Crippen LogP contribution is -2.35. The smallest absolute Gasteiger partial charge is 0.227 e. The fourth-order valence-corrected chi connectivity index (χ4v) is 3.69. The predicted octanol–water partition coefficient (Wildman–Crippen LogP) is 3.77. The molecule has 1 saturated carbocycles. The molecular weight excluding hydrogens is 368 g/mol. The molecule has 0 spiro atoms. The minimum absolute atomic E-state index is 0.0332. The molecule has 6 nitrogen and oxygen atoms in total. The number of rotatable bonds is 7. The van der Waals surface area contributed by atoms with Crippen LogP contribution in [0.3, 0.4) is 0 Å². The largest absolute Gasteiger partial charge is 0.497 e. The molecule has 0 unspecified atom stereocenters. The van der Waals surface area contributed by atoms with Crippen molar-refractivity contribution in [3.05, 3.63) is 54.1 Å². The van der Waals surface area contributed by atoms with Gasteiger partial charge >= 0.3 is 0 Å². The molecule has 0 bridgehead atoms. The molecule has 0 atom stereocenters. The van der Waals surface area contributed by atoms with Crippen molar-refractivity contribution in [3.63, 3.8) is 0 Å². The monoisotopic (exact) mass is 396 g/mol. The van der Waals surface area contributed by atoms with E-state index in [4.69, 9.17) is 9.47 Å². The zero-order valence-corrected chi connectivity index (χ0v) is 16.9. The number of ether oxygens (including phenoxy) is 2. The van der Waals surface area contributed by atoms with E-state index in [-0.39, 0.29) is 23.7 Å². The van der Waals surface area contributed by atoms with Gasteiger partial charge in [0.25, 0.3) is 0 Å². The second-order valence-corrected chi connectivity index (χ2v) is 7.31. The summed E-state index contributed by atoms with van der Waals surface area (Å²) in [5.74, 6) is 1.13. The van der Waals surface area contributed by atoms with E-state index < -0.39 is 0 Å². The topological polar surface area (TPSA) is 76.7 Å². The number of nitrogens with one attached hydrogen (secondary N) is 2. The molecule has 6 heteroatoms. The first-order valence-electron chi connectivity index (χ1n) is 9.95. The van der Waals surface area contributed by atoms with E-state index in [0.717, 1.165) is 5.56 Å². The van der Waals surface area contributed by atoms with E-state index >= 15 is 0 Å². The van der Waals surface area contributed by atoms with Crippen molar-refractivity contribution in [2.45, 2.75) is 32.2 Å². The summed E-state index contributed by atoms with van der Waals surface area (Å²) >= 11 is 0. The molecule has 1 aliphatic rings. The van der Waals surface area contributed by atoms with Gasteiger partial charge in [-0.15, -0.1) is 0 Å². The molecule has 29 heavy (non-hydrogen) atoms. The lowest BCUT2D eigenvalue weighted by atomic mass is 9.81. The maximum absolute atomic E-state index is 12.7. The van der Waals surface area contributed by atoms with Gasteiger partial charge in [-0.25, -0.2) is 0 Å². The van der Waals surface area contributed by atoms with Crippen LogP contribution in [-0.2, 0) is 16.1 Å². The molecule has 0 aromatic heterocycles. The van der Waals surface area contributed by atoms with E-state index in [9.17, 15) is 9.59 Å². The Morgan fingerprint density at radius 2 is 1.55 bits per heavy atom. The Morgan fingerprint density at radius 3 is 2.17 bits per heavy atom. The summed E-state index contributed by atoms with van der Waals surface area (Å²) in [4.78, 5) is 25.2. The van der Waals surface area contributed by atoms with Gasteiger partial charge in [0, 0.05) is 24.4 Å². The summed E-state index contributed by atoms with van der Waals surface area (Å²) in [5.41, 5.74) is 1.68. The van der Waals surface area contributed by atoms with Gasteiger partial charge < -0.3 is 20.1 Å². The molecule has 0 saturated heterocycles. The number of hydrogen-bond acceptors (Lipinski definition) is 4. The molecule has 154 valence electrons. The Kier molecular flexibility index (Phi) is 7.11. The number of anilines is 1. The Labute approximate surface area is 171 Å². The summed E-state index contributed by atoms with van der Waals surface area (Å²) in [6, 6.07) is 15.2. The van der Waals surface area contributed by atoms with Crippen molar-refractivity contribution in [1.82, 2.24) is 5.32 Å². The zero-order valence-electron chi connectivity index (χ0n) is 16.9. The van der Waals surface area contributed by atoms with Crippen molar-refractivity contribution in [2.75, 3.05) is 19.5 Å². The van der Waals surface area contributed by atoms with Gasteiger partial charge in [-0.05, 0) is 43.4 Å². The quantitative estimate of drug-likeness (QED) is 0.747. The molecule has 0 heterocycles. The third kappa shape index (κ3) is 5.50. The number of amides is 2. The van der Waals surface area contributed by atoms with Gasteiger partial charge in [-0.1, -0.05) is 30.3 Å². The third-order valence-electron chi connectivity index (χ3n) is 5.44. The van der Waals surface area contributed by atoms with Crippen LogP contribution in [0.2, 0.25) is 0 Å². The zero-order chi connectivity index (χ0) is 20.6. The van der Waals surface area contributed by atoms with Gasteiger partial charge in [0.1, 0.15) is 11.5 Å². The van der Waals surface area contributed by atoms with E-state index in [1.165, 1.54) is 0 Å². The maximum atomic E-state index is 12.7. The minimum Gasteiger partial charge on any atom is -0.497 e. The molecule has 1 aliphatic carbocycles. The lowest BCUT2D eigenvalue weighted by Gasteiger charge is -2.27. The third-order valence-corrected chi connectivity index (χ3v) is 5.44. The van der Waals surface area contributed by atoms with Crippen LogP contribution in [0.5, 0.6) is 11.5 Å². The van der Waals surface area contributed by atoms with Crippen molar-refractivity contribution in [3.8, 4) is 11.5 Å². The average Bonchev–Trinajstić information content (AvgIpc) is 2.78. The van der Waals surface area contributed by atoms with Crippen LogP contribution in [0.25, 0.3) is 0 Å². The van der Waals surface area contributed by atoms with Gasteiger partial charge in [0.2, 0.25) is 11.8 Å². The molecule has 2 aromatic carbocycles. The van der Waals surface area contributed by atoms with Crippen LogP contribution in [-0.4, -0.2) is 26.0 Å². The second-order valence-electron chi connectivity index (χ2n) is 7.31. The summed E-state index contributed by atoms with van der Waals surface area (Å²) in [5, 5.41) is 5.96. The standard InChI is InChI=1S/C23H28N2O4/c1-28-19-12-13-21(29-2)20(14-19)25-23(27)18-10-8-17(9-11-18)22(26)24-15-16-6-4-3-5-7-16/h3-7,12-14,17-18H,8-11,15H2,1-2H3,(H,24,26)(H,25,27). The van der Waals surface area contributed by atoms with Crippen LogP contribution in [0.15, 0.2) is 48.5 Å². The highest BCUT2D eigenvalue weighted by molar-refractivity contribution is 5.94. The summed E-state index contributed by atoms with van der Waals surface area (Å²) in [7, 11) is 3.15. The van der Waals surface area contributed by atoms with Crippen molar-refractivity contribution in [2.24, 2.45) is 11.8 Å². The first-order chi connectivity index (χ1) is 14.1.